The third kappa shape index (κ3) is 2.47. The lowest BCUT2D eigenvalue weighted by Crippen LogP contribution is -2.15. The van der Waals surface area contributed by atoms with Crippen LogP contribution in [-0.4, -0.2) is 12.0 Å². The van der Waals surface area contributed by atoms with Crippen LogP contribution in [0.2, 0.25) is 0 Å². The molecule has 0 spiro atoms. The number of benzene rings is 1. The van der Waals surface area contributed by atoms with Gasteiger partial charge in [-0.2, -0.15) is 0 Å². The van der Waals surface area contributed by atoms with Gasteiger partial charge in [-0.25, -0.2) is 4.98 Å². The maximum Gasteiger partial charge on any atom is 0.180 e. The minimum Gasteiger partial charge on any atom is -0.375 e. The highest BCUT2D eigenvalue weighted by atomic mass is 32.1. The summed E-state index contributed by atoms with van der Waals surface area (Å²) in [4.78, 5) is 7.39. The molecule has 4 heteroatoms. The molecule has 0 aliphatic carbocycles. The molecule has 0 aliphatic heterocycles. The van der Waals surface area contributed by atoms with Crippen LogP contribution in [-0.2, 0) is 6.54 Å². The molecule has 0 bridgehead atoms. The van der Waals surface area contributed by atoms with E-state index in [0.717, 1.165) is 6.54 Å². The van der Waals surface area contributed by atoms with Crippen molar-refractivity contribution in [3.63, 3.8) is 0 Å². The van der Waals surface area contributed by atoms with E-state index in [1.165, 1.54) is 21.9 Å². The van der Waals surface area contributed by atoms with E-state index in [0.29, 0.717) is 5.13 Å². The van der Waals surface area contributed by atoms with Crippen molar-refractivity contribution in [1.82, 2.24) is 4.98 Å². The van der Waals surface area contributed by atoms with Gasteiger partial charge >= 0.3 is 0 Å². The van der Waals surface area contributed by atoms with Crippen LogP contribution in [0.1, 0.15) is 4.88 Å². The lowest BCUT2D eigenvalue weighted by Gasteiger charge is -2.17. The van der Waals surface area contributed by atoms with Crippen LogP contribution in [0.25, 0.3) is 0 Å². The lowest BCUT2D eigenvalue weighted by molar-refractivity contribution is 0.937. The van der Waals surface area contributed by atoms with Gasteiger partial charge in [0.1, 0.15) is 0 Å². The first-order valence-electron chi connectivity index (χ1n) is 4.72. The fourth-order valence-corrected chi connectivity index (χ4v) is 2.14. The third-order valence-electron chi connectivity index (χ3n) is 2.16. The molecule has 0 radical (unpaired) electrons. The predicted molar refractivity (Wildman–Crippen MR) is 65.1 cm³/mol. The number of aromatic nitrogens is 1. The number of nitrogen functional groups attached to an aromatic ring is 1. The van der Waals surface area contributed by atoms with Crippen LogP contribution < -0.4 is 10.6 Å². The van der Waals surface area contributed by atoms with Crippen LogP contribution in [0.4, 0.5) is 10.8 Å². The van der Waals surface area contributed by atoms with Crippen LogP contribution in [0, 0.1) is 0 Å². The Morgan fingerprint density at radius 1 is 1.33 bits per heavy atom. The van der Waals surface area contributed by atoms with Gasteiger partial charge in [-0.1, -0.05) is 18.2 Å². The van der Waals surface area contributed by atoms with Gasteiger partial charge < -0.3 is 10.6 Å². The van der Waals surface area contributed by atoms with E-state index in [9.17, 15) is 0 Å². The number of hydrogen-bond acceptors (Lipinski definition) is 4. The fraction of sp³-hybridized carbons (Fsp3) is 0.182. The Morgan fingerprint density at radius 3 is 2.67 bits per heavy atom. The monoisotopic (exact) mass is 219 g/mol. The molecule has 15 heavy (non-hydrogen) atoms. The molecule has 1 aromatic heterocycles. The quantitative estimate of drug-likeness (QED) is 0.861. The normalized spacial score (nSPS) is 10.2. The van der Waals surface area contributed by atoms with Crippen LogP contribution in [0.15, 0.2) is 36.5 Å². The molecule has 0 fully saturated rings. The predicted octanol–water partition coefficient (Wildman–Crippen LogP) is 2.36. The maximum absolute atomic E-state index is 5.58. The second-order valence-electron chi connectivity index (χ2n) is 3.36. The number of rotatable bonds is 3. The Hall–Kier alpha value is -1.55. The Morgan fingerprint density at radius 2 is 2.07 bits per heavy atom. The van der Waals surface area contributed by atoms with E-state index < -0.39 is 0 Å². The highest BCUT2D eigenvalue weighted by Gasteiger charge is 2.03. The molecule has 1 aromatic carbocycles. The summed E-state index contributed by atoms with van der Waals surface area (Å²) in [5.74, 6) is 0. The third-order valence-corrected chi connectivity index (χ3v) is 2.97. The molecule has 0 saturated carbocycles. The van der Waals surface area contributed by atoms with Gasteiger partial charge in [-0.05, 0) is 12.1 Å². The molecule has 0 atom stereocenters. The average Bonchev–Trinajstić information content (AvgIpc) is 2.65. The zero-order valence-corrected chi connectivity index (χ0v) is 9.37. The minimum absolute atomic E-state index is 0.631. The summed E-state index contributed by atoms with van der Waals surface area (Å²) in [6, 6.07) is 10.3. The van der Waals surface area contributed by atoms with E-state index in [1.807, 2.05) is 24.4 Å². The Balaban J connectivity index is 2.07. The van der Waals surface area contributed by atoms with Gasteiger partial charge in [0.05, 0.1) is 6.54 Å². The van der Waals surface area contributed by atoms with Crippen molar-refractivity contribution in [3.8, 4) is 0 Å². The summed E-state index contributed by atoms with van der Waals surface area (Å²) in [6.07, 6.45) is 1.83. The second kappa shape index (κ2) is 4.31. The van der Waals surface area contributed by atoms with Crippen molar-refractivity contribution in [2.45, 2.75) is 6.54 Å². The molecule has 0 saturated heterocycles. The van der Waals surface area contributed by atoms with Gasteiger partial charge in [0.25, 0.3) is 0 Å². The second-order valence-corrected chi connectivity index (χ2v) is 4.50. The number of hydrogen-bond donors (Lipinski definition) is 1. The molecule has 2 rings (SSSR count). The summed E-state index contributed by atoms with van der Waals surface area (Å²) in [7, 11) is 2.06. The Kier molecular flexibility index (Phi) is 2.87. The molecule has 3 nitrogen and oxygen atoms in total. The Labute approximate surface area is 93.2 Å². The van der Waals surface area contributed by atoms with Gasteiger partial charge in [0.15, 0.2) is 5.13 Å². The summed E-state index contributed by atoms with van der Waals surface area (Å²) >= 11 is 1.54. The zero-order valence-electron chi connectivity index (χ0n) is 8.55. The number of para-hydroxylation sites is 1. The van der Waals surface area contributed by atoms with Crippen LogP contribution in [0.5, 0.6) is 0 Å². The van der Waals surface area contributed by atoms with Gasteiger partial charge in [0.2, 0.25) is 0 Å². The van der Waals surface area contributed by atoms with Crippen molar-refractivity contribution in [2.24, 2.45) is 0 Å². The molecule has 2 N–H and O–H groups in total. The molecular formula is C11H13N3S. The minimum atomic E-state index is 0.631. The summed E-state index contributed by atoms with van der Waals surface area (Å²) in [5, 5.41) is 0.631. The van der Waals surface area contributed by atoms with E-state index in [-0.39, 0.29) is 0 Å². The highest BCUT2D eigenvalue weighted by Crippen LogP contribution is 2.19. The zero-order chi connectivity index (χ0) is 10.7. The van der Waals surface area contributed by atoms with E-state index in [1.54, 1.807) is 0 Å². The van der Waals surface area contributed by atoms with Gasteiger partial charge in [-0.15, -0.1) is 11.3 Å². The average molecular weight is 219 g/mol. The first-order chi connectivity index (χ1) is 7.25. The molecule has 0 unspecified atom stereocenters. The first kappa shape index (κ1) is 9.98. The molecule has 1 heterocycles. The van der Waals surface area contributed by atoms with Gasteiger partial charge in [-0.3, -0.25) is 0 Å². The number of nitrogens with two attached hydrogens (primary N) is 1. The standard InChI is InChI=1S/C11H13N3S/c1-14(9-5-3-2-4-6-9)8-10-7-13-11(12)15-10/h2-7H,8H2,1H3,(H2,12,13). The number of thiazole rings is 1. The largest absolute Gasteiger partial charge is 0.375 e. The van der Waals surface area contributed by atoms with Crippen LogP contribution in [0.3, 0.4) is 0 Å². The summed E-state index contributed by atoms with van der Waals surface area (Å²) in [5.41, 5.74) is 6.78. The molecule has 78 valence electrons. The maximum atomic E-state index is 5.58. The number of nitrogens with zero attached hydrogens (tertiary/aromatic N) is 2. The van der Waals surface area contributed by atoms with E-state index >= 15 is 0 Å². The van der Waals surface area contributed by atoms with E-state index in [2.05, 4.69) is 29.1 Å². The molecule has 0 aliphatic rings. The van der Waals surface area contributed by atoms with Crippen molar-refractivity contribution in [1.29, 1.82) is 0 Å². The summed E-state index contributed by atoms with van der Waals surface area (Å²) < 4.78 is 0. The van der Waals surface area contributed by atoms with Crippen molar-refractivity contribution in [3.05, 3.63) is 41.4 Å². The number of anilines is 2. The summed E-state index contributed by atoms with van der Waals surface area (Å²) in [6.45, 7) is 0.846. The molecule has 2 aromatic rings. The SMILES string of the molecule is CN(Cc1cnc(N)s1)c1ccccc1. The van der Waals surface area contributed by atoms with Crippen molar-refractivity contribution < 1.29 is 0 Å². The van der Waals surface area contributed by atoms with Crippen LogP contribution >= 0.6 is 11.3 Å². The highest BCUT2D eigenvalue weighted by molar-refractivity contribution is 7.15. The van der Waals surface area contributed by atoms with Crippen molar-refractivity contribution in [2.75, 3.05) is 17.7 Å². The topological polar surface area (TPSA) is 42.2 Å². The molecule has 0 amide bonds. The first-order valence-corrected chi connectivity index (χ1v) is 5.54. The molecular weight excluding hydrogens is 206 g/mol. The fourth-order valence-electron chi connectivity index (χ4n) is 1.40. The van der Waals surface area contributed by atoms with Crippen molar-refractivity contribution >= 4 is 22.2 Å². The lowest BCUT2D eigenvalue weighted by atomic mass is 10.3. The smallest absolute Gasteiger partial charge is 0.180 e. The van der Waals surface area contributed by atoms with E-state index in [4.69, 9.17) is 5.73 Å². The van der Waals surface area contributed by atoms with Gasteiger partial charge in [0, 0.05) is 23.8 Å². The Bertz CT molecular complexity index is 424.